The Labute approximate surface area is 223 Å². The second kappa shape index (κ2) is 10.4. The quantitative estimate of drug-likeness (QED) is 0.155. The van der Waals surface area contributed by atoms with Crippen LogP contribution in [0.1, 0.15) is 0 Å². The molecule has 2 fully saturated rings. The number of aliphatic hydroxyl groups excluding tert-OH is 4. The van der Waals surface area contributed by atoms with Crippen molar-refractivity contribution < 1.29 is 69.3 Å². The van der Waals surface area contributed by atoms with Crippen molar-refractivity contribution in [2.24, 2.45) is 0 Å². The van der Waals surface area contributed by atoms with Gasteiger partial charge >= 0.3 is 0 Å². The van der Waals surface area contributed by atoms with Crippen LogP contribution in [0.25, 0.3) is 22.3 Å². The fraction of sp³-hybridized carbons (Fsp3) is 0.400. The van der Waals surface area contributed by atoms with Gasteiger partial charge in [-0.1, -0.05) is 0 Å². The van der Waals surface area contributed by atoms with Gasteiger partial charge < -0.3 is 69.3 Å². The summed E-state index contributed by atoms with van der Waals surface area (Å²) in [5, 5.41) is 90.5. The average Bonchev–Trinajstić information content (AvgIpc) is 3.19. The van der Waals surface area contributed by atoms with E-state index in [0.29, 0.717) is 0 Å². The molecule has 15 nitrogen and oxygen atoms in total. The van der Waals surface area contributed by atoms with Gasteiger partial charge in [-0.15, -0.1) is 0 Å². The molecule has 2 aliphatic heterocycles. The largest absolute Gasteiger partial charge is 0.508 e. The Morgan fingerprint density at radius 1 is 0.950 bits per heavy atom. The molecule has 1 aromatic heterocycles. The third-order valence-corrected chi connectivity index (χ3v) is 6.69. The first-order valence-corrected chi connectivity index (χ1v) is 11.9. The highest BCUT2D eigenvalue weighted by Gasteiger charge is 2.52. The van der Waals surface area contributed by atoms with E-state index in [-0.39, 0.29) is 16.9 Å². The van der Waals surface area contributed by atoms with Crippen LogP contribution in [0, 0.1) is 0 Å². The van der Waals surface area contributed by atoms with Gasteiger partial charge in [0.05, 0.1) is 19.8 Å². The summed E-state index contributed by atoms with van der Waals surface area (Å²) in [7, 11) is 0. The summed E-state index contributed by atoms with van der Waals surface area (Å²) in [6, 6.07) is 5.35. The summed E-state index contributed by atoms with van der Waals surface area (Å²) in [6.07, 6.45) is -9.99. The molecule has 3 heterocycles. The number of rotatable bonds is 6. The van der Waals surface area contributed by atoms with Crippen molar-refractivity contribution in [3.8, 4) is 40.1 Å². The Morgan fingerprint density at radius 3 is 2.38 bits per heavy atom. The minimum atomic E-state index is -2.07. The molecule has 0 aliphatic carbocycles. The molecule has 0 bridgehead atoms. The molecule has 15 heteroatoms. The average molecular weight is 566 g/mol. The van der Waals surface area contributed by atoms with Crippen LogP contribution in [0.3, 0.4) is 0 Å². The zero-order valence-electron chi connectivity index (χ0n) is 20.4. The van der Waals surface area contributed by atoms with E-state index in [2.05, 4.69) is 0 Å². The Bertz CT molecular complexity index is 1470. The Kier molecular flexibility index (Phi) is 7.24. The smallest absolute Gasteiger partial charge is 0.239 e. The predicted molar refractivity (Wildman–Crippen MR) is 130 cm³/mol. The first kappa shape index (κ1) is 27.9. The van der Waals surface area contributed by atoms with Gasteiger partial charge in [-0.05, 0) is 18.2 Å². The van der Waals surface area contributed by atoms with Crippen molar-refractivity contribution >= 4 is 11.0 Å². The van der Waals surface area contributed by atoms with Gasteiger partial charge in [-0.3, -0.25) is 4.79 Å². The number of benzene rings is 2. The molecule has 2 saturated heterocycles. The zero-order chi connectivity index (χ0) is 28.9. The first-order valence-electron chi connectivity index (χ1n) is 11.9. The van der Waals surface area contributed by atoms with Crippen molar-refractivity contribution in [1.29, 1.82) is 0 Å². The molecule has 0 amide bonds. The fourth-order valence-electron chi connectivity index (χ4n) is 4.42. The van der Waals surface area contributed by atoms with Crippen LogP contribution in [0.5, 0.6) is 28.7 Å². The highest BCUT2D eigenvalue weighted by Crippen LogP contribution is 2.39. The lowest BCUT2D eigenvalue weighted by molar-refractivity contribution is -0.298. The molecule has 3 aromatic rings. The number of phenols is 4. The summed E-state index contributed by atoms with van der Waals surface area (Å²) in [6.45, 7) is -1.89. The highest BCUT2D eigenvalue weighted by molar-refractivity contribution is 5.88. The second-order valence-corrected chi connectivity index (χ2v) is 9.50. The lowest BCUT2D eigenvalue weighted by atomic mass is 10.0. The van der Waals surface area contributed by atoms with Gasteiger partial charge in [0.15, 0.2) is 29.7 Å². The van der Waals surface area contributed by atoms with E-state index in [1.54, 1.807) is 0 Å². The molecule has 7 atom stereocenters. The van der Waals surface area contributed by atoms with E-state index in [0.717, 1.165) is 24.3 Å². The summed E-state index contributed by atoms with van der Waals surface area (Å²) < 4.78 is 27.8. The van der Waals surface area contributed by atoms with Crippen molar-refractivity contribution in [2.45, 2.75) is 42.6 Å². The van der Waals surface area contributed by atoms with Crippen LogP contribution in [0.4, 0.5) is 0 Å². The van der Waals surface area contributed by atoms with Crippen LogP contribution in [-0.4, -0.2) is 108 Å². The molecule has 0 spiro atoms. The first-order chi connectivity index (χ1) is 18.9. The minimum Gasteiger partial charge on any atom is -0.508 e. The highest BCUT2D eigenvalue weighted by atomic mass is 16.8. The Morgan fingerprint density at radius 2 is 1.70 bits per heavy atom. The lowest BCUT2D eigenvalue weighted by Gasteiger charge is -2.39. The number of hydrogen-bond acceptors (Lipinski definition) is 15. The number of phenolic OH excluding ortho intramolecular Hbond substituents is 4. The van der Waals surface area contributed by atoms with E-state index in [1.165, 1.54) is 6.07 Å². The monoisotopic (exact) mass is 566 g/mol. The number of fused-ring (bicyclic) bond motifs is 1. The van der Waals surface area contributed by atoms with Crippen LogP contribution < -0.4 is 10.2 Å². The Hall–Kier alpha value is -3.67. The van der Waals surface area contributed by atoms with Gasteiger partial charge in [0.25, 0.3) is 0 Å². The standard InChI is InChI=1S/C25H26O15/c26-7-25(35)8-37-24(22(25)34)40-21-17(32)14(31)6-36-23(21)39-20-18(33)16-13(30)4-10(27)5-15(16)38-19(20)9-1-2-11(28)12(29)3-9/h1-5,14,17,21-24,26-32,34-35H,6-8H2/t14-,17+,21-,22+,23+,24+,25-/m1/s1. The van der Waals surface area contributed by atoms with Gasteiger partial charge in [0.2, 0.25) is 17.5 Å². The van der Waals surface area contributed by atoms with E-state index in [4.69, 9.17) is 23.4 Å². The van der Waals surface area contributed by atoms with Crippen LogP contribution in [-0.2, 0) is 14.2 Å². The molecule has 2 aliphatic rings. The van der Waals surface area contributed by atoms with Gasteiger partial charge in [0, 0.05) is 17.7 Å². The van der Waals surface area contributed by atoms with Gasteiger partial charge in [-0.2, -0.15) is 0 Å². The molecule has 216 valence electrons. The van der Waals surface area contributed by atoms with Crippen LogP contribution in [0.15, 0.2) is 39.5 Å². The molecule has 40 heavy (non-hydrogen) atoms. The van der Waals surface area contributed by atoms with Gasteiger partial charge in [0.1, 0.15) is 46.4 Å². The van der Waals surface area contributed by atoms with Gasteiger partial charge in [-0.25, -0.2) is 0 Å². The Balaban J connectivity index is 1.59. The summed E-state index contributed by atoms with van der Waals surface area (Å²) in [5.41, 5.74) is -3.31. The summed E-state index contributed by atoms with van der Waals surface area (Å²) >= 11 is 0. The van der Waals surface area contributed by atoms with Crippen LogP contribution in [0.2, 0.25) is 0 Å². The van der Waals surface area contributed by atoms with Crippen LogP contribution >= 0.6 is 0 Å². The molecular formula is C25H26O15. The topological polar surface area (TPSA) is 249 Å². The predicted octanol–water partition coefficient (Wildman–Crippen LogP) is -1.43. The van der Waals surface area contributed by atoms with Crippen molar-refractivity contribution in [3.05, 3.63) is 40.6 Å². The minimum absolute atomic E-state index is 0.00329. The molecule has 0 unspecified atom stereocenters. The molecule has 0 saturated carbocycles. The van der Waals surface area contributed by atoms with E-state index in [1.807, 2.05) is 0 Å². The maximum Gasteiger partial charge on any atom is 0.239 e. The van der Waals surface area contributed by atoms with E-state index in [9.17, 15) is 50.8 Å². The van der Waals surface area contributed by atoms with E-state index >= 15 is 0 Å². The SMILES string of the molecule is O=c1c(O[C@@H]2OC[C@@H](O)[C@H](O)[C@H]2O[C@@H]2OC[C@](O)(CO)[C@H]2O)c(-c2ccc(O)c(O)c2)oc2cc(O)cc(O)c12. The number of ether oxygens (including phenoxy) is 4. The van der Waals surface area contributed by atoms with Crippen molar-refractivity contribution in [1.82, 2.24) is 0 Å². The number of aliphatic hydroxyl groups is 5. The molecule has 9 N–H and O–H groups in total. The third-order valence-electron chi connectivity index (χ3n) is 6.69. The molecule has 5 rings (SSSR count). The normalized spacial score (nSPS) is 30.5. The third kappa shape index (κ3) is 4.78. The maximum atomic E-state index is 13.6. The summed E-state index contributed by atoms with van der Waals surface area (Å²) in [5.74, 6) is -3.13. The van der Waals surface area contributed by atoms with Crippen molar-refractivity contribution in [3.63, 3.8) is 0 Å². The fourth-order valence-corrected chi connectivity index (χ4v) is 4.42. The van der Waals surface area contributed by atoms with Crippen molar-refractivity contribution in [2.75, 3.05) is 19.8 Å². The number of aromatic hydroxyl groups is 4. The second-order valence-electron chi connectivity index (χ2n) is 9.50. The lowest BCUT2D eigenvalue weighted by Crippen LogP contribution is -2.58. The zero-order valence-corrected chi connectivity index (χ0v) is 20.4. The van der Waals surface area contributed by atoms with E-state index < -0.39 is 102 Å². The molecular weight excluding hydrogens is 540 g/mol. The molecule has 2 aromatic carbocycles. The maximum absolute atomic E-state index is 13.6. The molecule has 0 radical (unpaired) electrons. The number of hydrogen-bond donors (Lipinski definition) is 9. The summed E-state index contributed by atoms with van der Waals surface area (Å²) in [4.78, 5) is 13.6.